The van der Waals surface area contributed by atoms with Crippen molar-refractivity contribution in [1.82, 2.24) is 4.90 Å². The lowest BCUT2D eigenvalue weighted by Crippen LogP contribution is -2.50. The number of nitrogens with zero attached hydrogens (tertiary/aromatic N) is 1. The lowest BCUT2D eigenvalue weighted by molar-refractivity contribution is -0.143. The summed E-state index contributed by atoms with van der Waals surface area (Å²) in [6, 6.07) is 0.602. The van der Waals surface area contributed by atoms with Gasteiger partial charge in [0.25, 0.3) is 0 Å². The van der Waals surface area contributed by atoms with E-state index in [1.807, 2.05) is 0 Å². The normalized spacial score (nSPS) is 35.8. The summed E-state index contributed by atoms with van der Waals surface area (Å²) in [5.74, 6) is 0.697. The number of Topliss-reactive ketones (excluding diaryl/α,β-unsaturated/α-hetero) is 1. The number of carbonyl (C=O) groups excluding carboxylic acids is 1. The fourth-order valence-electron chi connectivity index (χ4n) is 3.64. The first-order chi connectivity index (χ1) is 8.34. The maximum absolute atomic E-state index is 12.4. The Kier molecular flexibility index (Phi) is 3.48. The average molecular weight is 237 g/mol. The van der Waals surface area contributed by atoms with Crippen LogP contribution >= 0.6 is 0 Å². The molecule has 2 atom stereocenters. The Morgan fingerprint density at radius 1 is 1.06 bits per heavy atom. The Labute approximate surface area is 104 Å². The zero-order valence-electron chi connectivity index (χ0n) is 10.6. The van der Waals surface area contributed by atoms with E-state index in [2.05, 4.69) is 4.90 Å². The van der Waals surface area contributed by atoms with E-state index in [0.717, 1.165) is 26.0 Å². The summed E-state index contributed by atoms with van der Waals surface area (Å²) in [6.07, 6.45) is 8.38. The standard InChI is InChI=1S/C14H23NO2/c16-14(11-5-2-1-3-6-11)13-9-15-8-4-7-12(15)10-17-13/h11-13H,1-10H2. The number of hydrogen-bond acceptors (Lipinski definition) is 3. The summed E-state index contributed by atoms with van der Waals surface area (Å²) in [5, 5.41) is 0. The van der Waals surface area contributed by atoms with Crippen molar-refractivity contribution in [2.75, 3.05) is 19.7 Å². The SMILES string of the molecule is O=C(C1CCCCC1)C1CN2CCCC2CO1. The molecule has 17 heavy (non-hydrogen) atoms. The van der Waals surface area contributed by atoms with Gasteiger partial charge in [-0.25, -0.2) is 0 Å². The first-order valence-corrected chi connectivity index (χ1v) is 7.24. The van der Waals surface area contributed by atoms with E-state index >= 15 is 0 Å². The number of carbonyl (C=O) groups is 1. The van der Waals surface area contributed by atoms with Crippen LogP contribution in [0.1, 0.15) is 44.9 Å². The third-order valence-corrected chi connectivity index (χ3v) is 4.71. The molecule has 3 fully saturated rings. The molecule has 0 amide bonds. The molecule has 0 bridgehead atoms. The highest BCUT2D eigenvalue weighted by atomic mass is 16.5. The zero-order valence-corrected chi connectivity index (χ0v) is 10.6. The monoisotopic (exact) mass is 237 g/mol. The molecule has 0 radical (unpaired) electrons. The van der Waals surface area contributed by atoms with Crippen molar-refractivity contribution in [1.29, 1.82) is 0 Å². The second-order valence-corrected chi connectivity index (χ2v) is 5.85. The highest BCUT2D eigenvalue weighted by molar-refractivity contribution is 5.85. The molecular formula is C14H23NO2. The highest BCUT2D eigenvalue weighted by Crippen LogP contribution is 2.29. The molecule has 2 saturated heterocycles. The number of fused-ring (bicyclic) bond motifs is 1. The van der Waals surface area contributed by atoms with Crippen molar-refractivity contribution >= 4 is 5.78 Å². The lowest BCUT2D eigenvalue weighted by atomic mass is 9.84. The number of hydrogen-bond donors (Lipinski definition) is 0. The summed E-state index contributed by atoms with van der Waals surface area (Å²) in [4.78, 5) is 14.9. The van der Waals surface area contributed by atoms with Gasteiger partial charge in [0.15, 0.2) is 5.78 Å². The van der Waals surface area contributed by atoms with E-state index in [9.17, 15) is 4.79 Å². The first kappa shape index (κ1) is 11.7. The highest BCUT2D eigenvalue weighted by Gasteiger charge is 2.37. The lowest BCUT2D eigenvalue weighted by Gasteiger charge is -2.36. The molecule has 1 saturated carbocycles. The fourth-order valence-corrected chi connectivity index (χ4v) is 3.64. The minimum atomic E-state index is -0.118. The van der Waals surface area contributed by atoms with E-state index < -0.39 is 0 Å². The van der Waals surface area contributed by atoms with Crippen LogP contribution in [0.15, 0.2) is 0 Å². The van der Waals surface area contributed by atoms with Gasteiger partial charge in [0, 0.05) is 18.5 Å². The van der Waals surface area contributed by atoms with Crippen molar-refractivity contribution in [3.8, 4) is 0 Å². The Morgan fingerprint density at radius 2 is 1.88 bits per heavy atom. The molecule has 1 aliphatic carbocycles. The first-order valence-electron chi connectivity index (χ1n) is 7.24. The predicted octanol–water partition coefficient (Wildman–Crippen LogP) is 2.00. The van der Waals surface area contributed by atoms with Crippen LogP contribution in [0.2, 0.25) is 0 Å². The third-order valence-electron chi connectivity index (χ3n) is 4.71. The van der Waals surface area contributed by atoms with Crippen LogP contribution < -0.4 is 0 Å². The van der Waals surface area contributed by atoms with Crippen molar-refractivity contribution in [3.05, 3.63) is 0 Å². The van der Waals surface area contributed by atoms with Gasteiger partial charge in [-0.3, -0.25) is 9.69 Å². The van der Waals surface area contributed by atoms with E-state index in [1.165, 1.54) is 38.6 Å². The maximum atomic E-state index is 12.4. The Bertz CT molecular complexity index is 286. The molecule has 3 aliphatic rings. The topological polar surface area (TPSA) is 29.5 Å². The molecule has 0 spiro atoms. The largest absolute Gasteiger partial charge is 0.367 e. The number of rotatable bonds is 2. The van der Waals surface area contributed by atoms with Gasteiger partial charge in [0.05, 0.1) is 6.61 Å². The second-order valence-electron chi connectivity index (χ2n) is 5.85. The predicted molar refractivity (Wildman–Crippen MR) is 65.9 cm³/mol. The van der Waals surface area contributed by atoms with Crippen molar-refractivity contribution in [2.45, 2.75) is 57.1 Å². The quantitative estimate of drug-likeness (QED) is 0.735. The molecular weight excluding hydrogens is 214 g/mol. The summed E-state index contributed by atoms with van der Waals surface area (Å²) in [5.41, 5.74) is 0. The Morgan fingerprint density at radius 3 is 2.71 bits per heavy atom. The van der Waals surface area contributed by atoms with Gasteiger partial charge in [-0.15, -0.1) is 0 Å². The molecule has 2 unspecified atom stereocenters. The number of morpholine rings is 1. The van der Waals surface area contributed by atoms with E-state index in [4.69, 9.17) is 4.74 Å². The van der Waals surface area contributed by atoms with Crippen LogP contribution in [0.4, 0.5) is 0 Å². The van der Waals surface area contributed by atoms with Gasteiger partial charge in [-0.2, -0.15) is 0 Å². The summed E-state index contributed by atoms with van der Waals surface area (Å²) >= 11 is 0. The van der Waals surface area contributed by atoms with Crippen LogP contribution in [-0.2, 0) is 9.53 Å². The molecule has 96 valence electrons. The van der Waals surface area contributed by atoms with Gasteiger partial charge >= 0.3 is 0 Å². The van der Waals surface area contributed by atoms with Gasteiger partial charge in [-0.05, 0) is 32.2 Å². The Hall–Kier alpha value is -0.410. The summed E-state index contributed by atoms with van der Waals surface area (Å²) in [6.45, 7) is 2.81. The molecule has 2 aliphatic heterocycles. The molecule has 0 aromatic heterocycles. The van der Waals surface area contributed by atoms with Crippen molar-refractivity contribution < 1.29 is 9.53 Å². The molecule has 2 heterocycles. The minimum Gasteiger partial charge on any atom is -0.367 e. The van der Waals surface area contributed by atoms with Crippen LogP contribution in [0.25, 0.3) is 0 Å². The van der Waals surface area contributed by atoms with Gasteiger partial charge in [0.2, 0.25) is 0 Å². The van der Waals surface area contributed by atoms with Gasteiger partial charge in [0.1, 0.15) is 6.10 Å². The fraction of sp³-hybridized carbons (Fsp3) is 0.929. The van der Waals surface area contributed by atoms with E-state index in [1.54, 1.807) is 0 Å². The average Bonchev–Trinajstić information content (AvgIpc) is 2.86. The van der Waals surface area contributed by atoms with Crippen LogP contribution in [0, 0.1) is 5.92 Å². The van der Waals surface area contributed by atoms with Crippen LogP contribution in [0.5, 0.6) is 0 Å². The molecule has 0 aromatic carbocycles. The summed E-state index contributed by atoms with van der Waals surface area (Å²) in [7, 11) is 0. The smallest absolute Gasteiger partial charge is 0.165 e. The maximum Gasteiger partial charge on any atom is 0.165 e. The summed E-state index contributed by atoms with van der Waals surface area (Å²) < 4.78 is 5.82. The van der Waals surface area contributed by atoms with Crippen LogP contribution in [0.3, 0.4) is 0 Å². The zero-order chi connectivity index (χ0) is 11.7. The molecule has 3 nitrogen and oxygen atoms in total. The molecule has 3 heteroatoms. The van der Waals surface area contributed by atoms with Crippen LogP contribution in [-0.4, -0.2) is 42.5 Å². The van der Waals surface area contributed by atoms with Crippen molar-refractivity contribution in [3.63, 3.8) is 0 Å². The third kappa shape index (κ3) is 2.41. The van der Waals surface area contributed by atoms with E-state index in [-0.39, 0.29) is 6.10 Å². The molecule has 0 aromatic rings. The number of ketones is 1. The number of ether oxygens (including phenoxy) is 1. The van der Waals surface area contributed by atoms with E-state index in [0.29, 0.717) is 17.7 Å². The molecule has 3 rings (SSSR count). The van der Waals surface area contributed by atoms with Crippen molar-refractivity contribution in [2.24, 2.45) is 5.92 Å². The second kappa shape index (κ2) is 5.07. The molecule has 0 N–H and O–H groups in total. The minimum absolute atomic E-state index is 0.118. The van der Waals surface area contributed by atoms with Gasteiger partial charge < -0.3 is 4.74 Å². The van der Waals surface area contributed by atoms with Gasteiger partial charge in [-0.1, -0.05) is 19.3 Å². The Balaban J connectivity index is 1.58.